The van der Waals surface area contributed by atoms with Crippen LogP contribution in [0.1, 0.15) is 19.3 Å². The summed E-state index contributed by atoms with van der Waals surface area (Å²) in [5.74, 6) is 0.0157. The summed E-state index contributed by atoms with van der Waals surface area (Å²) in [4.78, 5) is 0. The third kappa shape index (κ3) is 2.93. The Bertz CT molecular complexity index is 310. The zero-order chi connectivity index (χ0) is 10.8. The number of nitrogens with two attached hydrogens (primary N) is 1. The molecule has 0 aromatic heterocycles. The van der Waals surface area contributed by atoms with Crippen LogP contribution in [0.4, 0.5) is 0 Å². The number of hydrogen-bond donors (Lipinski definition) is 3. The summed E-state index contributed by atoms with van der Waals surface area (Å²) in [5.41, 5.74) is 5.19. The Labute approximate surface area is 84.2 Å². The monoisotopic (exact) mass is 220 g/mol. The highest BCUT2D eigenvalue weighted by molar-refractivity contribution is 7.87. The lowest BCUT2D eigenvalue weighted by Crippen LogP contribution is -2.41. The molecule has 0 spiro atoms. The first-order chi connectivity index (χ1) is 6.47. The first-order valence-electron chi connectivity index (χ1n) is 4.50. The van der Waals surface area contributed by atoms with Gasteiger partial charge >= 0.3 is 0 Å². The first-order valence-corrected chi connectivity index (χ1v) is 5.94. The molecule has 0 bridgehead atoms. The van der Waals surface area contributed by atoms with Crippen LogP contribution in [0, 0.1) is 5.41 Å². The summed E-state index contributed by atoms with van der Waals surface area (Å²) >= 11 is 0. The molecule has 0 radical (unpaired) electrons. The van der Waals surface area contributed by atoms with Crippen molar-refractivity contribution in [2.75, 3.05) is 13.6 Å². The minimum atomic E-state index is -3.36. The van der Waals surface area contributed by atoms with Gasteiger partial charge in [0.1, 0.15) is 0 Å². The van der Waals surface area contributed by atoms with Crippen molar-refractivity contribution in [3.63, 3.8) is 0 Å². The van der Waals surface area contributed by atoms with Crippen molar-refractivity contribution >= 4 is 16.0 Å². The maximum atomic E-state index is 11.5. The van der Waals surface area contributed by atoms with Crippen LogP contribution in [-0.4, -0.2) is 38.2 Å². The Balaban J connectivity index is 2.60. The zero-order valence-electron chi connectivity index (χ0n) is 8.16. The van der Waals surface area contributed by atoms with Gasteiger partial charge in [-0.2, -0.15) is 12.7 Å². The highest BCUT2D eigenvalue weighted by atomic mass is 32.2. The molecule has 0 saturated heterocycles. The molecule has 0 heterocycles. The van der Waals surface area contributed by atoms with E-state index in [2.05, 4.69) is 4.72 Å². The molecule has 4 N–H and O–H groups in total. The van der Waals surface area contributed by atoms with Gasteiger partial charge in [-0.3, -0.25) is 5.41 Å². The topological polar surface area (TPSA) is 99.3 Å². The SMILES string of the molecule is CNS(=O)(=O)N(CCC(=N)N)C1CC1. The summed E-state index contributed by atoms with van der Waals surface area (Å²) in [5, 5.41) is 7.05. The molecule has 0 atom stereocenters. The Kier molecular flexibility index (Phi) is 3.46. The largest absolute Gasteiger partial charge is 0.388 e. The van der Waals surface area contributed by atoms with Crippen LogP contribution in [0.25, 0.3) is 0 Å². The van der Waals surface area contributed by atoms with Crippen molar-refractivity contribution in [3.05, 3.63) is 0 Å². The van der Waals surface area contributed by atoms with E-state index in [0.29, 0.717) is 6.54 Å². The molecule has 0 unspecified atom stereocenters. The molecular weight excluding hydrogens is 204 g/mol. The van der Waals surface area contributed by atoms with Gasteiger partial charge in [0, 0.05) is 26.1 Å². The van der Waals surface area contributed by atoms with Gasteiger partial charge in [0.05, 0.1) is 5.84 Å². The van der Waals surface area contributed by atoms with Gasteiger partial charge in [-0.05, 0) is 12.8 Å². The highest BCUT2D eigenvalue weighted by Crippen LogP contribution is 2.28. The van der Waals surface area contributed by atoms with Crippen LogP contribution in [0.5, 0.6) is 0 Å². The maximum absolute atomic E-state index is 11.5. The molecule has 0 aliphatic heterocycles. The lowest BCUT2D eigenvalue weighted by molar-refractivity contribution is 0.407. The van der Waals surface area contributed by atoms with Crippen molar-refractivity contribution in [2.24, 2.45) is 5.73 Å². The van der Waals surface area contributed by atoms with Crippen molar-refractivity contribution in [2.45, 2.75) is 25.3 Å². The third-order valence-corrected chi connectivity index (χ3v) is 3.74. The van der Waals surface area contributed by atoms with Crippen molar-refractivity contribution in [1.29, 1.82) is 5.41 Å². The fourth-order valence-corrected chi connectivity index (χ4v) is 2.38. The van der Waals surface area contributed by atoms with E-state index < -0.39 is 10.2 Å². The van der Waals surface area contributed by atoms with Crippen molar-refractivity contribution in [3.8, 4) is 0 Å². The Morgan fingerprint density at radius 1 is 1.64 bits per heavy atom. The first kappa shape index (κ1) is 11.4. The lowest BCUT2D eigenvalue weighted by Gasteiger charge is -2.20. The summed E-state index contributed by atoms with van der Waals surface area (Å²) in [7, 11) is -1.97. The van der Waals surface area contributed by atoms with Gasteiger partial charge < -0.3 is 5.73 Å². The molecule has 1 aliphatic carbocycles. The third-order valence-electron chi connectivity index (χ3n) is 2.12. The average molecular weight is 220 g/mol. The van der Waals surface area contributed by atoms with E-state index in [1.165, 1.54) is 11.4 Å². The summed E-state index contributed by atoms with van der Waals surface area (Å²) < 4.78 is 26.7. The predicted octanol–water partition coefficient (Wildman–Crippen LogP) is -0.759. The summed E-state index contributed by atoms with van der Waals surface area (Å²) in [6.45, 7) is 0.295. The molecular formula is C7H16N4O2S. The van der Waals surface area contributed by atoms with E-state index in [9.17, 15) is 8.42 Å². The predicted molar refractivity (Wildman–Crippen MR) is 54.2 cm³/mol. The summed E-state index contributed by atoms with van der Waals surface area (Å²) in [6, 6.07) is 0.104. The van der Waals surface area contributed by atoms with E-state index in [1.54, 1.807) is 0 Å². The van der Waals surface area contributed by atoms with Gasteiger partial charge in [-0.15, -0.1) is 0 Å². The van der Waals surface area contributed by atoms with E-state index in [0.717, 1.165) is 12.8 Å². The second-order valence-corrected chi connectivity index (χ2v) is 5.15. The average Bonchev–Trinajstić information content (AvgIpc) is 2.87. The van der Waals surface area contributed by atoms with Gasteiger partial charge in [-0.1, -0.05) is 0 Å². The Morgan fingerprint density at radius 2 is 2.21 bits per heavy atom. The van der Waals surface area contributed by atoms with Crippen LogP contribution < -0.4 is 10.5 Å². The summed E-state index contributed by atoms with van der Waals surface area (Å²) in [6.07, 6.45) is 2.09. The van der Waals surface area contributed by atoms with Crippen LogP contribution in [0.3, 0.4) is 0 Å². The number of amidine groups is 1. The molecule has 0 amide bonds. The van der Waals surface area contributed by atoms with Crippen molar-refractivity contribution in [1.82, 2.24) is 9.03 Å². The Morgan fingerprint density at radius 3 is 2.57 bits per heavy atom. The zero-order valence-corrected chi connectivity index (χ0v) is 8.97. The molecule has 82 valence electrons. The van der Waals surface area contributed by atoms with Gasteiger partial charge in [0.15, 0.2) is 0 Å². The van der Waals surface area contributed by atoms with Crippen LogP contribution >= 0.6 is 0 Å². The lowest BCUT2D eigenvalue weighted by atomic mass is 10.4. The van der Waals surface area contributed by atoms with Gasteiger partial charge in [0.25, 0.3) is 10.2 Å². The standard InChI is InChI=1S/C7H16N4O2S/c1-10-14(12,13)11(6-2-3-6)5-4-7(8)9/h6,10H,2-5H2,1H3,(H3,8,9). The fraction of sp³-hybridized carbons (Fsp3) is 0.857. The smallest absolute Gasteiger partial charge is 0.279 e. The highest BCUT2D eigenvalue weighted by Gasteiger charge is 2.36. The van der Waals surface area contributed by atoms with E-state index in [1.807, 2.05) is 0 Å². The van der Waals surface area contributed by atoms with E-state index >= 15 is 0 Å². The molecule has 1 fully saturated rings. The molecule has 1 saturated carbocycles. The number of nitrogens with zero attached hydrogens (tertiary/aromatic N) is 1. The van der Waals surface area contributed by atoms with Gasteiger partial charge in [0.2, 0.25) is 0 Å². The van der Waals surface area contributed by atoms with Crippen LogP contribution in [0.15, 0.2) is 0 Å². The quantitative estimate of drug-likeness (QED) is 0.405. The van der Waals surface area contributed by atoms with E-state index in [-0.39, 0.29) is 18.3 Å². The minimum absolute atomic E-state index is 0.0157. The molecule has 14 heavy (non-hydrogen) atoms. The second-order valence-electron chi connectivity index (χ2n) is 3.33. The van der Waals surface area contributed by atoms with Gasteiger partial charge in [-0.25, -0.2) is 4.72 Å². The molecule has 7 heteroatoms. The number of rotatable bonds is 6. The number of nitrogens with one attached hydrogen (secondary N) is 2. The second kappa shape index (κ2) is 4.24. The number of hydrogen-bond acceptors (Lipinski definition) is 3. The minimum Gasteiger partial charge on any atom is -0.388 e. The maximum Gasteiger partial charge on any atom is 0.279 e. The molecule has 0 aromatic carbocycles. The Hall–Kier alpha value is -0.660. The fourth-order valence-electron chi connectivity index (χ4n) is 1.21. The molecule has 1 rings (SSSR count). The molecule has 0 aromatic rings. The molecule has 6 nitrogen and oxygen atoms in total. The molecule has 1 aliphatic rings. The normalized spacial score (nSPS) is 17.3. The van der Waals surface area contributed by atoms with Crippen LogP contribution in [0.2, 0.25) is 0 Å². The van der Waals surface area contributed by atoms with Crippen molar-refractivity contribution < 1.29 is 8.42 Å². The van der Waals surface area contributed by atoms with Crippen LogP contribution in [-0.2, 0) is 10.2 Å². The van der Waals surface area contributed by atoms with E-state index in [4.69, 9.17) is 11.1 Å².